The molecule has 3 rings (SSSR count). The van der Waals surface area contributed by atoms with Gasteiger partial charge in [0.1, 0.15) is 11.6 Å². The number of nitrogens with one attached hydrogen (secondary N) is 1. The molecule has 0 aliphatic heterocycles. The Morgan fingerprint density at radius 3 is 3.00 bits per heavy atom. The van der Waals surface area contributed by atoms with Crippen molar-refractivity contribution in [2.75, 3.05) is 12.4 Å². The normalized spacial score (nSPS) is 10.6. The van der Waals surface area contributed by atoms with Gasteiger partial charge in [-0.1, -0.05) is 12.1 Å². The number of anilines is 1. The highest BCUT2D eigenvalue weighted by atomic mass is 32.1. The average molecular weight is 271 g/mol. The lowest BCUT2D eigenvalue weighted by Gasteiger charge is -2.10. The van der Waals surface area contributed by atoms with Crippen molar-refractivity contribution in [3.05, 3.63) is 47.0 Å². The van der Waals surface area contributed by atoms with Gasteiger partial charge in [-0.05, 0) is 12.1 Å². The van der Waals surface area contributed by atoms with E-state index in [-0.39, 0.29) is 0 Å². The molecular weight excluding hydrogens is 258 g/mol. The van der Waals surface area contributed by atoms with Gasteiger partial charge in [-0.3, -0.25) is 4.98 Å². The summed E-state index contributed by atoms with van der Waals surface area (Å²) in [4.78, 5) is 9.64. The summed E-state index contributed by atoms with van der Waals surface area (Å²) in [6.07, 6.45) is 3.66. The second-order valence-electron chi connectivity index (χ2n) is 4.04. The monoisotopic (exact) mass is 271 g/mol. The first-order valence-corrected chi connectivity index (χ1v) is 6.79. The largest absolute Gasteiger partial charge is 0.496 e. The summed E-state index contributed by atoms with van der Waals surface area (Å²) in [7, 11) is 1.68. The van der Waals surface area contributed by atoms with Crippen LogP contribution in [-0.2, 0) is 6.54 Å². The van der Waals surface area contributed by atoms with E-state index >= 15 is 0 Å². The predicted molar refractivity (Wildman–Crippen MR) is 77.7 cm³/mol. The highest BCUT2D eigenvalue weighted by Crippen LogP contribution is 2.29. The number of nitrogens with zero attached hydrogens (tertiary/aromatic N) is 2. The lowest BCUT2D eigenvalue weighted by atomic mass is 10.1. The standard InChI is InChI=1S/C14H13N3OS/c1-18-13-4-2-3-12-11(13)5-6-16-14(12)17-8-10-7-15-9-19-10/h2-7,9H,8H2,1H3,(H,16,17). The molecule has 0 aliphatic carbocycles. The topological polar surface area (TPSA) is 47.0 Å². The van der Waals surface area contributed by atoms with Crippen LogP contribution in [0.15, 0.2) is 42.2 Å². The minimum absolute atomic E-state index is 0.730. The first-order valence-electron chi connectivity index (χ1n) is 5.91. The smallest absolute Gasteiger partial charge is 0.134 e. The van der Waals surface area contributed by atoms with Gasteiger partial charge in [0.05, 0.1) is 19.2 Å². The van der Waals surface area contributed by atoms with Crippen molar-refractivity contribution < 1.29 is 4.74 Å². The third-order valence-corrected chi connectivity index (χ3v) is 3.68. The molecule has 1 N–H and O–H groups in total. The van der Waals surface area contributed by atoms with Crippen LogP contribution in [0, 0.1) is 0 Å². The Labute approximate surface area is 115 Å². The van der Waals surface area contributed by atoms with Crippen LogP contribution >= 0.6 is 11.3 Å². The van der Waals surface area contributed by atoms with Crippen molar-refractivity contribution >= 4 is 27.9 Å². The Kier molecular flexibility index (Phi) is 3.29. The molecule has 3 aromatic rings. The van der Waals surface area contributed by atoms with Crippen LogP contribution in [0.5, 0.6) is 5.75 Å². The molecule has 0 unspecified atom stereocenters. The summed E-state index contributed by atoms with van der Waals surface area (Å²) < 4.78 is 5.37. The Morgan fingerprint density at radius 2 is 2.21 bits per heavy atom. The summed E-state index contributed by atoms with van der Waals surface area (Å²) in [5.74, 6) is 1.73. The first-order chi connectivity index (χ1) is 9.38. The lowest BCUT2D eigenvalue weighted by Crippen LogP contribution is -2.00. The molecule has 0 saturated heterocycles. The van der Waals surface area contributed by atoms with Crippen molar-refractivity contribution in [3.8, 4) is 5.75 Å². The summed E-state index contributed by atoms with van der Waals surface area (Å²) >= 11 is 1.63. The van der Waals surface area contributed by atoms with E-state index < -0.39 is 0 Å². The number of ether oxygens (including phenoxy) is 1. The summed E-state index contributed by atoms with van der Waals surface area (Å²) in [6, 6.07) is 7.93. The van der Waals surface area contributed by atoms with Crippen LogP contribution in [-0.4, -0.2) is 17.1 Å². The molecule has 0 aliphatic rings. The second-order valence-corrected chi connectivity index (χ2v) is 5.01. The number of aromatic nitrogens is 2. The van der Waals surface area contributed by atoms with Gasteiger partial charge in [0.25, 0.3) is 0 Å². The zero-order valence-electron chi connectivity index (χ0n) is 10.5. The van der Waals surface area contributed by atoms with E-state index in [9.17, 15) is 0 Å². The van der Waals surface area contributed by atoms with Crippen molar-refractivity contribution in [1.29, 1.82) is 0 Å². The molecule has 5 heteroatoms. The molecule has 0 atom stereocenters. The molecule has 0 fully saturated rings. The summed E-state index contributed by atoms with van der Waals surface area (Å²) in [5, 5.41) is 5.47. The molecule has 2 aromatic heterocycles. The molecular formula is C14H13N3OS. The second kappa shape index (κ2) is 5.24. The van der Waals surface area contributed by atoms with Crippen LogP contribution in [0.25, 0.3) is 10.8 Å². The first kappa shape index (κ1) is 11.9. The van der Waals surface area contributed by atoms with Crippen molar-refractivity contribution in [1.82, 2.24) is 9.97 Å². The van der Waals surface area contributed by atoms with Gasteiger partial charge < -0.3 is 10.1 Å². The number of methoxy groups -OCH3 is 1. The maximum Gasteiger partial charge on any atom is 0.134 e. The van der Waals surface area contributed by atoms with Crippen LogP contribution in [0.4, 0.5) is 5.82 Å². The lowest BCUT2D eigenvalue weighted by molar-refractivity contribution is 0.420. The molecule has 19 heavy (non-hydrogen) atoms. The van der Waals surface area contributed by atoms with E-state index in [0.29, 0.717) is 0 Å². The number of fused-ring (bicyclic) bond motifs is 1. The molecule has 4 nitrogen and oxygen atoms in total. The minimum atomic E-state index is 0.730. The zero-order chi connectivity index (χ0) is 13.1. The quantitative estimate of drug-likeness (QED) is 0.790. The van der Waals surface area contributed by atoms with Gasteiger partial charge in [0.2, 0.25) is 0 Å². The van der Waals surface area contributed by atoms with Crippen LogP contribution < -0.4 is 10.1 Å². The summed E-state index contributed by atoms with van der Waals surface area (Å²) in [5.41, 5.74) is 1.83. The van der Waals surface area contributed by atoms with Crippen molar-refractivity contribution in [2.45, 2.75) is 6.54 Å². The van der Waals surface area contributed by atoms with E-state index in [4.69, 9.17) is 4.74 Å². The van der Waals surface area contributed by atoms with E-state index in [1.54, 1.807) is 24.6 Å². The van der Waals surface area contributed by atoms with Crippen LogP contribution in [0.3, 0.4) is 0 Å². The molecule has 0 spiro atoms. The fraction of sp³-hybridized carbons (Fsp3) is 0.143. The Balaban J connectivity index is 1.95. The SMILES string of the molecule is COc1cccc2c(NCc3cncs3)nccc12. The number of benzene rings is 1. The zero-order valence-corrected chi connectivity index (χ0v) is 11.3. The Morgan fingerprint density at radius 1 is 1.26 bits per heavy atom. The maximum atomic E-state index is 5.37. The minimum Gasteiger partial charge on any atom is -0.496 e. The van der Waals surface area contributed by atoms with Crippen molar-refractivity contribution in [3.63, 3.8) is 0 Å². The maximum absolute atomic E-state index is 5.37. The van der Waals surface area contributed by atoms with E-state index in [2.05, 4.69) is 15.3 Å². The third kappa shape index (κ3) is 2.37. The van der Waals surface area contributed by atoms with Gasteiger partial charge in [0.15, 0.2) is 0 Å². The molecule has 0 saturated carbocycles. The predicted octanol–water partition coefficient (Wildman–Crippen LogP) is 3.31. The number of thiazole rings is 1. The number of rotatable bonds is 4. The van der Waals surface area contributed by atoms with E-state index in [1.165, 1.54) is 4.88 Å². The number of pyridine rings is 1. The van der Waals surface area contributed by atoms with E-state index in [0.717, 1.165) is 28.9 Å². The summed E-state index contributed by atoms with van der Waals surface area (Å²) in [6.45, 7) is 0.730. The van der Waals surface area contributed by atoms with Gasteiger partial charge in [-0.25, -0.2) is 4.98 Å². The molecule has 1 aromatic carbocycles. The molecule has 0 bridgehead atoms. The highest BCUT2D eigenvalue weighted by Gasteiger charge is 2.06. The van der Waals surface area contributed by atoms with Gasteiger partial charge in [-0.15, -0.1) is 11.3 Å². The van der Waals surface area contributed by atoms with Gasteiger partial charge in [-0.2, -0.15) is 0 Å². The molecule has 0 amide bonds. The van der Waals surface area contributed by atoms with E-state index in [1.807, 2.05) is 36.0 Å². The third-order valence-electron chi connectivity index (χ3n) is 2.90. The Bertz CT molecular complexity index is 682. The number of hydrogen-bond acceptors (Lipinski definition) is 5. The molecule has 2 heterocycles. The Hall–Kier alpha value is -2.14. The van der Waals surface area contributed by atoms with Crippen molar-refractivity contribution in [2.24, 2.45) is 0 Å². The fourth-order valence-corrected chi connectivity index (χ4v) is 2.53. The van der Waals surface area contributed by atoms with Crippen LogP contribution in [0.2, 0.25) is 0 Å². The van der Waals surface area contributed by atoms with Gasteiger partial charge in [0, 0.05) is 28.0 Å². The average Bonchev–Trinajstić information content (AvgIpc) is 2.97. The molecule has 96 valence electrons. The van der Waals surface area contributed by atoms with Crippen LogP contribution in [0.1, 0.15) is 4.88 Å². The molecule has 0 radical (unpaired) electrons. The fourth-order valence-electron chi connectivity index (χ4n) is 2.00. The number of hydrogen-bond donors (Lipinski definition) is 1. The highest BCUT2D eigenvalue weighted by molar-refractivity contribution is 7.09. The van der Waals surface area contributed by atoms with Gasteiger partial charge >= 0.3 is 0 Å².